The topological polar surface area (TPSA) is 39.1 Å². The molecule has 0 radical (unpaired) electrons. The Hall–Kier alpha value is -0.390. The van der Waals surface area contributed by atoms with Crippen LogP contribution in [0.4, 0.5) is 0 Å². The van der Waals surface area contributed by atoms with Crippen LogP contribution in [0.5, 0.6) is 0 Å². The molecule has 2 unspecified atom stereocenters. The van der Waals surface area contributed by atoms with Crippen molar-refractivity contribution in [2.45, 2.75) is 44.8 Å². The van der Waals surface area contributed by atoms with Gasteiger partial charge in [-0.1, -0.05) is 0 Å². The second-order valence-electron chi connectivity index (χ2n) is 5.28. The molecule has 2 atom stereocenters. The van der Waals surface area contributed by atoms with Gasteiger partial charge in [-0.3, -0.25) is 4.68 Å². The molecule has 18 heavy (non-hydrogen) atoms. The van der Waals surface area contributed by atoms with Crippen molar-refractivity contribution in [3.63, 3.8) is 0 Å². The number of hydrogen-bond acceptors (Lipinski definition) is 3. The van der Waals surface area contributed by atoms with E-state index in [0.29, 0.717) is 6.04 Å². The molecule has 102 valence electrons. The summed E-state index contributed by atoms with van der Waals surface area (Å²) < 4.78 is 9.02. The van der Waals surface area contributed by atoms with E-state index < -0.39 is 0 Å². The first-order valence-corrected chi connectivity index (χ1v) is 7.26. The molecule has 0 spiro atoms. The Kier molecular flexibility index (Phi) is 4.14. The summed E-state index contributed by atoms with van der Waals surface area (Å²) in [6.07, 6.45) is 3.19. The van der Waals surface area contributed by atoms with Gasteiger partial charge in [0.1, 0.15) is 0 Å². The van der Waals surface area contributed by atoms with Crippen LogP contribution >= 0.6 is 15.9 Å². The smallest absolute Gasteiger partial charge is 0.0811 e. The summed E-state index contributed by atoms with van der Waals surface area (Å²) >= 11 is 3.63. The zero-order valence-corrected chi connectivity index (χ0v) is 13.2. The molecule has 1 saturated heterocycles. The van der Waals surface area contributed by atoms with E-state index in [1.54, 1.807) is 0 Å². The third-order valence-corrected chi connectivity index (χ3v) is 5.03. The molecule has 0 amide bonds. The fourth-order valence-corrected chi connectivity index (χ4v) is 3.29. The van der Waals surface area contributed by atoms with Crippen LogP contribution in [0.15, 0.2) is 4.47 Å². The van der Waals surface area contributed by atoms with Crippen LogP contribution in [0, 0.1) is 6.92 Å². The molecular formula is C13H22BrN3O. The normalized spacial score (nSPS) is 25.6. The van der Waals surface area contributed by atoms with E-state index in [4.69, 9.17) is 4.74 Å². The molecule has 0 aliphatic carbocycles. The van der Waals surface area contributed by atoms with Crippen molar-refractivity contribution < 1.29 is 4.74 Å². The van der Waals surface area contributed by atoms with Crippen LogP contribution in [-0.2, 0) is 18.2 Å². The van der Waals surface area contributed by atoms with Crippen molar-refractivity contribution in [3.05, 3.63) is 15.9 Å². The van der Waals surface area contributed by atoms with Crippen molar-refractivity contribution in [2.75, 3.05) is 13.7 Å². The van der Waals surface area contributed by atoms with E-state index in [9.17, 15) is 0 Å². The second kappa shape index (κ2) is 5.31. The quantitative estimate of drug-likeness (QED) is 0.925. The summed E-state index contributed by atoms with van der Waals surface area (Å²) in [6, 6.07) is 0.311. The summed E-state index contributed by atoms with van der Waals surface area (Å²) in [5.74, 6) is 0. The van der Waals surface area contributed by atoms with Crippen LogP contribution in [0.25, 0.3) is 0 Å². The number of nitrogens with zero attached hydrogens (tertiary/aromatic N) is 2. The minimum absolute atomic E-state index is 0.0631. The van der Waals surface area contributed by atoms with Gasteiger partial charge in [0, 0.05) is 26.1 Å². The Morgan fingerprint density at radius 2 is 2.33 bits per heavy atom. The Balaban J connectivity index is 2.20. The number of halogens is 1. The van der Waals surface area contributed by atoms with Crippen LogP contribution in [0.3, 0.4) is 0 Å². The van der Waals surface area contributed by atoms with Gasteiger partial charge in [0.15, 0.2) is 0 Å². The van der Waals surface area contributed by atoms with Crippen molar-refractivity contribution >= 4 is 15.9 Å². The Morgan fingerprint density at radius 1 is 1.61 bits per heavy atom. The Bertz CT molecular complexity index is 424. The summed E-state index contributed by atoms with van der Waals surface area (Å²) in [4.78, 5) is 0. The average Bonchev–Trinajstić information content (AvgIpc) is 2.85. The van der Waals surface area contributed by atoms with Crippen molar-refractivity contribution in [1.29, 1.82) is 0 Å². The molecule has 4 nitrogen and oxygen atoms in total. The number of aromatic nitrogens is 2. The van der Waals surface area contributed by atoms with Gasteiger partial charge >= 0.3 is 0 Å². The first-order valence-electron chi connectivity index (χ1n) is 6.47. The average molecular weight is 316 g/mol. The van der Waals surface area contributed by atoms with Gasteiger partial charge in [0.05, 0.1) is 21.5 Å². The fraction of sp³-hybridized carbons (Fsp3) is 0.769. The van der Waals surface area contributed by atoms with E-state index in [-0.39, 0.29) is 5.60 Å². The van der Waals surface area contributed by atoms with E-state index in [1.165, 1.54) is 5.69 Å². The third kappa shape index (κ3) is 2.49. The number of rotatable bonds is 4. The highest BCUT2D eigenvalue weighted by Crippen LogP contribution is 2.32. The molecule has 1 aliphatic rings. The van der Waals surface area contributed by atoms with E-state index in [0.717, 1.165) is 36.0 Å². The molecule has 1 fully saturated rings. The Morgan fingerprint density at radius 3 is 2.78 bits per heavy atom. The minimum atomic E-state index is -0.0631. The maximum absolute atomic E-state index is 5.94. The maximum Gasteiger partial charge on any atom is 0.0811 e. The molecule has 0 saturated carbocycles. The molecule has 5 heteroatoms. The van der Waals surface area contributed by atoms with Crippen LogP contribution in [0.2, 0.25) is 0 Å². The van der Waals surface area contributed by atoms with Crippen LogP contribution < -0.4 is 5.32 Å². The number of aryl methyl sites for hydroxylation is 2. The lowest BCUT2D eigenvalue weighted by Crippen LogP contribution is -2.48. The summed E-state index contributed by atoms with van der Waals surface area (Å²) in [7, 11) is 4.01. The summed E-state index contributed by atoms with van der Waals surface area (Å²) in [5.41, 5.74) is 2.20. The lowest BCUT2D eigenvalue weighted by Gasteiger charge is -2.33. The van der Waals surface area contributed by atoms with Crippen molar-refractivity contribution in [1.82, 2.24) is 15.1 Å². The molecule has 1 aromatic rings. The molecule has 0 bridgehead atoms. The number of nitrogens with one attached hydrogen (secondary N) is 1. The standard InChI is InChI=1S/C13H22BrN3O/c1-9-12(14)10(17(4)16-9)8-11(15-3)13(2)6-5-7-18-13/h11,15H,5-8H2,1-4H3. The predicted molar refractivity (Wildman–Crippen MR) is 75.8 cm³/mol. The molecule has 1 aliphatic heterocycles. The van der Waals surface area contributed by atoms with Crippen molar-refractivity contribution in [3.8, 4) is 0 Å². The van der Waals surface area contributed by atoms with Gasteiger partial charge < -0.3 is 10.1 Å². The minimum Gasteiger partial charge on any atom is -0.374 e. The fourth-order valence-electron chi connectivity index (χ4n) is 2.79. The highest BCUT2D eigenvalue weighted by atomic mass is 79.9. The monoisotopic (exact) mass is 315 g/mol. The number of likely N-dealkylation sites (N-methyl/N-ethyl adjacent to an activating group) is 1. The third-order valence-electron chi connectivity index (χ3n) is 3.99. The van der Waals surface area contributed by atoms with Gasteiger partial charge in [0.2, 0.25) is 0 Å². The molecule has 1 N–H and O–H groups in total. The first kappa shape index (κ1) is 14.0. The van der Waals surface area contributed by atoms with Crippen molar-refractivity contribution in [2.24, 2.45) is 7.05 Å². The maximum atomic E-state index is 5.94. The number of ether oxygens (including phenoxy) is 1. The SMILES string of the molecule is CNC(Cc1c(Br)c(C)nn1C)C1(C)CCCO1. The molecule has 2 rings (SSSR count). The van der Waals surface area contributed by atoms with Gasteiger partial charge in [-0.25, -0.2) is 0 Å². The highest BCUT2D eigenvalue weighted by Gasteiger charge is 2.38. The lowest BCUT2D eigenvalue weighted by atomic mass is 9.90. The van der Waals surface area contributed by atoms with E-state index in [1.807, 2.05) is 25.7 Å². The zero-order valence-electron chi connectivity index (χ0n) is 11.6. The van der Waals surface area contributed by atoms with Gasteiger partial charge in [-0.05, 0) is 49.7 Å². The zero-order chi connectivity index (χ0) is 13.3. The summed E-state index contributed by atoms with van der Waals surface area (Å²) in [5, 5.41) is 7.86. The largest absolute Gasteiger partial charge is 0.374 e. The lowest BCUT2D eigenvalue weighted by molar-refractivity contribution is -0.00990. The highest BCUT2D eigenvalue weighted by molar-refractivity contribution is 9.10. The molecule has 1 aromatic heterocycles. The summed E-state index contributed by atoms with van der Waals surface area (Å²) in [6.45, 7) is 5.11. The molecular weight excluding hydrogens is 294 g/mol. The second-order valence-corrected chi connectivity index (χ2v) is 6.07. The Labute approximate surface area is 117 Å². The number of hydrogen-bond donors (Lipinski definition) is 1. The van der Waals surface area contributed by atoms with E-state index >= 15 is 0 Å². The first-order chi connectivity index (χ1) is 8.48. The van der Waals surface area contributed by atoms with Crippen LogP contribution in [0.1, 0.15) is 31.2 Å². The molecule has 0 aromatic carbocycles. The van der Waals surface area contributed by atoms with Gasteiger partial charge in [-0.15, -0.1) is 0 Å². The predicted octanol–water partition coefficient (Wildman–Crippen LogP) is 2.19. The van der Waals surface area contributed by atoms with E-state index in [2.05, 4.69) is 33.3 Å². The van der Waals surface area contributed by atoms with Gasteiger partial charge in [-0.2, -0.15) is 5.10 Å². The van der Waals surface area contributed by atoms with Crippen LogP contribution in [-0.4, -0.2) is 35.1 Å². The van der Waals surface area contributed by atoms with Gasteiger partial charge in [0.25, 0.3) is 0 Å². The molecule has 2 heterocycles.